The number of anilines is 1. The molecule has 4 rings (SSSR count). The van der Waals surface area contributed by atoms with Gasteiger partial charge in [0.25, 0.3) is 0 Å². The molecule has 0 spiro atoms. The average molecular weight is 356 g/mol. The molecule has 0 saturated carbocycles. The molecule has 0 radical (unpaired) electrons. The molecule has 2 atom stereocenters. The second kappa shape index (κ2) is 5.98. The van der Waals surface area contributed by atoms with Gasteiger partial charge >= 0.3 is 5.97 Å². The number of ether oxygens (including phenoxy) is 1. The molecule has 2 unspecified atom stereocenters. The summed E-state index contributed by atoms with van der Waals surface area (Å²) >= 11 is 0. The molecule has 3 heterocycles. The lowest BCUT2D eigenvalue weighted by Crippen LogP contribution is -2.13. The normalized spacial score (nSPS) is 17.0. The predicted molar refractivity (Wildman–Crippen MR) is 92.2 cm³/mol. The lowest BCUT2D eigenvalue weighted by molar-refractivity contribution is 0.0688. The molecule has 26 heavy (non-hydrogen) atoms. The number of imidazole rings is 1. The van der Waals surface area contributed by atoms with E-state index in [0.717, 1.165) is 5.56 Å². The Bertz CT molecular complexity index is 1020. The van der Waals surface area contributed by atoms with Gasteiger partial charge in [-0.25, -0.2) is 18.7 Å². The van der Waals surface area contributed by atoms with E-state index in [4.69, 9.17) is 4.74 Å². The Kier molecular flexibility index (Phi) is 3.75. The highest BCUT2D eigenvalue weighted by molar-refractivity contribution is 5.86. The SMILES string of the molecule is CC1Cc2cc(F)cc(C(C)Nc3ccc4ncc(C(=O)O)n4n3)c2O1. The highest BCUT2D eigenvalue weighted by Crippen LogP contribution is 2.37. The van der Waals surface area contributed by atoms with E-state index in [1.165, 1.54) is 22.8 Å². The standard InChI is InChI=1S/C18H17FN4O3/c1-9-5-11-6-12(19)7-13(17(11)26-9)10(2)21-15-3-4-16-20-8-14(18(24)25)23(16)22-15/h3-4,6-10H,5H2,1-2H3,(H,21,22)(H,24,25). The van der Waals surface area contributed by atoms with Gasteiger partial charge in [0.15, 0.2) is 11.3 Å². The molecular weight excluding hydrogens is 339 g/mol. The van der Waals surface area contributed by atoms with Crippen molar-refractivity contribution in [2.24, 2.45) is 0 Å². The number of nitrogens with one attached hydrogen (secondary N) is 1. The number of rotatable bonds is 4. The highest BCUT2D eigenvalue weighted by atomic mass is 19.1. The molecule has 1 aliphatic rings. The number of nitrogens with zero attached hydrogens (tertiary/aromatic N) is 3. The molecule has 0 fully saturated rings. The van der Waals surface area contributed by atoms with Crippen LogP contribution in [0.4, 0.5) is 10.2 Å². The van der Waals surface area contributed by atoms with E-state index in [-0.39, 0.29) is 23.7 Å². The maximum atomic E-state index is 14.0. The third-order valence-electron chi connectivity index (χ3n) is 4.40. The molecule has 7 nitrogen and oxygen atoms in total. The van der Waals surface area contributed by atoms with E-state index < -0.39 is 5.97 Å². The number of carbonyl (C=O) groups is 1. The minimum atomic E-state index is -1.11. The monoisotopic (exact) mass is 356 g/mol. The van der Waals surface area contributed by atoms with Crippen molar-refractivity contribution in [1.82, 2.24) is 14.6 Å². The fourth-order valence-electron chi connectivity index (χ4n) is 3.24. The first-order chi connectivity index (χ1) is 12.4. The van der Waals surface area contributed by atoms with Gasteiger partial charge in [-0.05, 0) is 38.1 Å². The van der Waals surface area contributed by atoms with Gasteiger partial charge in [0.1, 0.15) is 23.5 Å². The molecule has 1 aromatic carbocycles. The molecule has 0 aliphatic carbocycles. The zero-order valence-electron chi connectivity index (χ0n) is 14.2. The van der Waals surface area contributed by atoms with Crippen LogP contribution in [0.15, 0.2) is 30.5 Å². The third-order valence-corrected chi connectivity index (χ3v) is 4.40. The first kappa shape index (κ1) is 16.3. The van der Waals surface area contributed by atoms with Crippen LogP contribution in [0.3, 0.4) is 0 Å². The Morgan fingerprint density at radius 3 is 3.04 bits per heavy atom. The van der Waals surface area contributed by atoms with Gasteiger partial charge in [0.2, 0.25) is 0 Å². The van der Waals surface area contributed by atoms with Gasteiger partial charge in [-0.15, -0.1) is 5.10 Å². The van der Waals surface area contributed by atoms with Crippen LogP contribution < -0.4 is 10.1 Å². The quantitative estimate of drug-likeness (QED) is 0.747. The fraction of sp³-hybridized carbons (Fsp3) is 0.278. The molecule has 2 N–H and O–H groups in total. The molecular formula is C18H17FN4O3. The number of carboxylic acid groups (broad SMARTS) is 1. The first-order valence-corrected chi connectivity index (χ1v) is 8.26. The first-order valence-electron chi connectivity index (χ1n) is 8.26. The van der Waals surface area contributed by atoms with E-state index in [2.05, 4.69) is 15.4 Å². The second-order valence-corrected chi connectivity index (χ2v) is 6.42. The van der Waals surface area contributed by atoms with Crippen molar-refractivity contribution in [3.8, 4) is 5.75 Å². The smallest absolute Gasteiger partial charge is 0.356 e. The van der Waals surface area contributed by atoms with Gasteiger partial charge in [0, 0.05) is 17.5 Å². The molecule has 8 heteroatoms. The van der Waals surface area contributed by atoms with Crippen molar-refractivity contribution in [3.05, 3.63) is 53.1 Å². The summed E-state index contributed by atoms with van der Waals surface area (Å²) < 4.78 is 21.1. The molecule has 0 saturated heterocycles. The van der Waals surface area contributed by atoms with Crippen LogP contribution in [0, 0.1) is 5.82 Å². The van der Waals surface area contributed by atoms with Crippen molar-refractivity contribution in [2.45, 2.75) is 32.4 Å². The highest BCUT2D eigenvalue weighted by Gasteiger charge is 2.26. The van der Waals surface area contributed by atoms with E-state index in [0.29, 0.717) is 29.2 Å². The van der Waals surface area contributed by atoms with E-state index >= 15 is 0 Å². The summed E-state index contributed by atoms with van der Waals surface area (Å²) in [4.78, 5) is 15.3. The number of hydrogen-bond donors (Lipinski definition) is 2. The van der Waals surface area contributed by atoms with Gasteiger partial charge in [-0.3, -0.25) is 0 Å². The Labute approximate surface area is 148 Å². The van der Waals surface area contributed by atoms with Crippen molar-refractivity contribution in [3.63, 3.8) is 0 Å². The number of benzene rings is 1. The van der Waals surface area contributed by atoms with Crippen LogP contribution in [0.25, 0.3) is 5.65 Å². The van der Waals surface area contributed by atoms with Crippen LogP contribution in [0.2, 0.25) is 0 Å². The van der Waals surface area contributed by atoms with Gasteiger partial charge in [0.05, 0.1) is 12.2 Å². The third kappa shape index (κ3) is 2.73. The summed E-state index contributed by atoms with van der Waals surface area (Å²) in [6.07, 6.45) is 1.94. The fourth-order valence-corrected chi connectivity index (χ4v) is 3.24. The Balaban J connectivity index is 1.67. The van der Waals surface area contributed by atoms with E-state index in [1.807, 2.05) is 13.8 Å². The van der Waals surface area contributed by atoms with Gasteiger partial charge < -0.3 is 15.2 Å². The minimum Gasteiger partial charge on any atom is -0.490 e. The van der Waals surface area contributed by atoms with Crippen molar-refractivity contribution >= 4 is 17.4 Å². The zero-order valence-corrected chi connectivity index (χ0v) is 14.2. The van der Waals surface area contributed by atoms with E-state index in [1.54, 1.807) is 12.1 Å². The topological polar surface area (TPSA) is 88.8 Å². The second-order valence-electron chi connectivity index (χ2n) is 6.42. The Morgan fingerprint density at radius 1 is 1.46 bits per heavy atom. The molecule has 1 aliphatic heterocycles. The minimum absolute atomic E-state index is 0.0105. The van der Waals surface area contributed by atoms with Crippen LogP contribution in [-0.4, -0.2) is 31.8 Å². The predicted octanol–water partition coefficient (Wildman–Crippen LogP) is 3.06. The number of fused-ring (bicyclic) bond motifs is 2. The molecule has 2 aromatic heterocycles. The summed E-state index contributed by atoms with van der Waals surface area (Å²) in [5.41, 5.74) is 1.96. The summed E-state index contributed by atoms with van der Waals surface area (Å²) in [7, 11) is 0. The van der Waals surface area contributed by atoms with Gasteiger partial charge in [-0.2, -0.15) is 0 Å². The molecule has 0 bridgehead atoms. The summed E-state index contributed by atoms with van der Waals surface area (Å²) in [5, 5.41) is 16.7. The maximum Gasteiger partial charge on any atom is 0.356 e. The Hall–Kier alpha value is -3.16. The zero-order chi connectivity index (χ0) is 18.4. The van der Waals surface area contributed by atoms with E-state index in [9.17, 15) is 14.3 Å². The lowest BCUT2D eigenvalue weighted by atomic mass is 10.0. The van der Waals surface area contributed by atoms with Crippen LogP contribution in [0.1, 0.15) is 41.5 Å². The number of aromatic nitrogens is 3. The molecule has 3 aromatic rings. The van der Waals surface area contributed by atoms with Crippen LogP contribution in [-0.2, 0) is 6.42 Å². The van der Waals surface area contributed by atoms with Crippen molar-refractivity contribution in [1.29, 1.82) is 0 Å². The van der Waals surface area contributed by atoms with Crippen LogP contribution in [0.5, 0.6) is 5.75 Å². The van der Waals surface area contributed by atoms with Crippen molar-refractivity contribution < 1.29 is 19.0 Å². The largest absolute Gasteiger partial charge is 0.490 e. The summed E-state index contributed by atoms with van der Waals surface area (Å²) in [5.74, 6) is -0.264. The maximum absolute atomic E-state index is 14.0. The average Bonchev–Trinajstić information content (AvgIpc) is 3.16. The Morgan fingerprint density at radius 2 is 2.27 bits per heavy atom. The molecule has 134 valence electrons. The number of carboxylic acids is 1. The lowest BCUT2D eigenvalue weighted by Gasteiger charge is -2.18. The van der Waals surface area contributed by atoms with Gasteiger partial charge in [-0.1, -0.05) is 0 Å². The number of aromatic carboxylic acids is 1. The number of halogens is 1. The number of hydrogen-bond acceptors (Lipinski definition) is 5. The summed E-state index contributed by atoms with van der Waals surface area (Å²) in [6.45, 7) is 3.82. The van der Waals surface area contributed by atoms with Crippen molar-refractivity contribution in [2.75, 3.05) is 5.32 Å². The molecule has 0 amide bonds. The van der Waals surface area contributed by atoms with Crippen LogP contribution >= 0.6 is 0 Å². The summed E-state index contributed by atoms with van der Waals surface area (Å²) in [6, 6.07) is 6.04.